The Balaban J connectivity index is 1.87. The molecule has 3 heterocycles. The number of carbonyl (C=O) groups excluding carboxylic acids is 1. The molecule has 1 aliphatic heterocycles. The molecule has 0 saturated carbocycles. The van der Waals surface area contributed by atoms with Crippen LogP contribution in [0.15, 0.2) is 6.20 Å². The molecule has 1 amide bonds. The number of nitrogens with one attached hydrogen (secondary N) is 1. The lowest BCUT2D eigenvalue weighted by molar-refractivity contribution is 0.0589. The van der Waals surface area contributed by atoms with E-state index >= 15 is 0 Å². The van der Waals surface area contributed by atoms with E-state index in [2.05, 4.69) is 39.3 Å². The quantitative estimate of drug-likeness (QED) is 0.925. The van der Waals surface area contributed by atoms with Crippen molar-refractivity contribution in [3.8, 4) is 0 Å². The molecule has 0 bridgehead atoms. The fraction of sp³-hybridized carbons (Fsp3) is 0.643. The minimum absolute atomic E-state index is 0.0558. The van der Waals surface area contributed by atoms with Crippen molar-refractivity contribution >= 4 is 5.91 Å². The zero-order valence-corrected chi connectivity index (χ0v) is 13.2. The lowest BCUT2D eigenvalue weighted by Gasteiger charge is -2.34. The number of hydrogen-bond donors (Lipinski definition) is 1. The number of likely N-dealkylation sites (tertiary alicyclic amines) is 1. The second kappa shape index (κ2) is 5.86. The first-order chi connectivity index (χ1) is 10.6. The Hall–Kier alpha value is -2.25. The van der Waals surface area contributed by atoms with E-state index in [0.717, 1.165) is 30.9 Å². The van der Waals surface area contributed by atoms with E-state index in [1.165, 1.54) is 10.9 Å². The number of carbonyl (C=O) groups is 1. The zero-order chi connectivity index (χ0) is 15.7. The van der Waals surface area contributed by atoms with E-state index in [-0.39, 0.29) is 17.9 Å². The molecule has 1 N–H and O–H groups in total. The Morgan fingerprint density at radius 2 is 2.23 bits per heavy atom. The van der Waals surface area contributed by atoms with Crippen LogP contribution in [0.5, 0.6) is 0 Å². The monoisotopic (exact) mass is 303 g/mol. The molecule has 2 aromatic heterocycles. The van der Waals surface area contributed by atoms with Crippen molar-refractivity contribution in [3.63, 3.8) is 0 Å². The van der Waals surface area contributed by atoms with Gasteiger partial charge in [-0.15, -0.1) is 5.10 Å². The minimum atomic E-state index is -0.0591. The first-order valence-corrected chi connectivity index (χ1v) is 7.65. The average Bonchev–Trinajstić information content (AvgIpc) is 3.15. The molecule has 0 radical (unpaired) electrons. The number of amides is 1. The zero-order valence-electron chi connectivity index (χ0n) is 13.2. The summed E-state index contributed by atoms with van der Waals surface area (Å²) >= 11 is 0. The van der Waals surface area contributed by atoms with E-state index in [1.807, 2.05) is 4.90 Å². The van der Waals surface area contributed by atoms with Crippen molar-refractivity contribution in [1.82, 2.24) is 35.1 Å². The molecule has 1 atom stereocenters. The minimum Gasteiger partial charge on any atom is -0.327 e. The van der Waals surface area contributed by atoms with Gasteiger partial charge in [-0.05, 0) is 19.3 Å². The number of hydrogen-bond acceptors (Lipinski definition) is 5. The molecule has 8 heteroatoms. The summed E-state index contributed by atoms with van der Waals surface area (Å²) in [5, 5.41) is 14.9. The van der Waals surface area contributed by atoms with Gasteiger partial charge in [-0.25, -0.2) is 9.67 Å². The highest BCUT2D eigenvalue weighted by atomic mass is 16.2. The number of aromatic nitrogens is 6. The largest absolute Gasteiger partial charge is 0.327 e. The van der Waals surface area contributed by atoms with Crippen molar-refractivity contribution in [2.75, 3.05) is 6.54 Å². The standard InChI is InChI=1S/C14H21N7O/c1-9(2)12-16-13(18-17-12)10-6-4-5-7-21(10)14(22)11-8-15-19-20(11)3/h8-10H,4-7H2,1-3H3,(H,16,17,18)/t10-/m0/s1. The number of aryl methyl sites for hydroxylation is 1. The second-order valence-electron chi connectivity index (χ2n) is 5.99. The maximum atomic E-state index is 12.8. The Bertz CT molecular complexity index is 660. The predicted octanol–water partition coefficient (Wildman–Crippen LogP) is 1.42. The summed E-state index contributed by atoms with van der Waals surface area (Å²) in [7, 11) is 1.73. The van der Waals surface area contributed by atoms with Gasteiger partial charge >= 0.3 is 0 Å². The van der Waals surface area contributed by atoms with Gasteiger partial charge in [0.1, 0.15) is 11.5 Å². The van der Waals surface area contributed by atoms with Crippen LogP contribution in [-0.4, -0.2) is 47.5 Å². The molecule has 1 fully saturated rings. The summed E-state index contributed by atoms with van der Waals surface area (Å²) in [5.74, 6) is 1.76. The lowest BCUT2D eigenvalue weighted by atomic mass is 10.0. The molecule has 2 aromatic rings. The van der Waals surface area contributed by atoms with Crippen LogP contribution >= 0.6 is 0 Å². The topological polar surface area (TPSA) is 92.6 Å². The fourth-order valence-electron chi connectivity index (χ4n) is 2.78. The Labute approximate surface area is 128 Å². The summed E-state index contributed by atoms with van der Waals surface area (Å²) in [4.78, 5) is 19.2. The van der Waals surface area contributed by atoms with Crippen LogP contribution in [0.4, 0.5) is 0 Å². The van der Waals surface area contributed by atoms with Crippen molar-refractivity contribution in [3.05, 3.63) is 23.5 Å². The molecular formula is C14H21N7O. The summed E-state index contributed by atoms with van der Waals surface area (Å²) in [6.07, 6.45) is 4.48. The highest BCUT2D eigenvalue weighted by molar-refractivity contribution is 5.92. The van der Waals surface area contributed by atoms with Crippen LogP contribution in [0.3, 0.4) is 0 Å². The van der Waals surface area contributed by atoms with Gasteiger partial charge in [-0.3, -0.25) is 9.89 Å². The maximum Gasteiger partial charge on any atom is 0.274 e. The number of H-pyrrole nitrogens is 1. The second-order valence-corrected chi connectivity index (χ2v) is 5.99. The molecule has 1 aliphatic rings. The van der Waals surface area contributed by atoms with Crippen molar-refractivity contribution in [2.45, 2.75) is 45.1 Å². The number of rotatable bonds is 3. The molecule has 118 valence electrons. The average molecular weight is 303 g/mol. The van der Waals surface area contributed by atoms with Gasteiger partial charge in [0.05, 0.1) is 12.2 Å². The Kier molecular flexibility index (Phi) is 3.91. The van der Waals surface area contributed by atoms with E-state index < -0.39 is 0 Å². The maximum absolute atomic E-state index is 12.8. The normalized spacial score (nSPS) is 18.9. The Morgan fingerprint density at radius 3 is 2.86 bits per heavy atom. The lowest BCUT2D eigenvalue weighted by Crippen LogP contribution is -2.39. The fourth-order valence-corrected chi connectivity index (χ4v) is 2.78. The Morgan fingerprint density at radius 1 is 1.41 bits per heavy atom. The summed E-state index contributed by atoms with van der Waals surface area (Å²) in [6.45, 7) is 4.82. The van der Waals surface area contributed by atoms with Gasteiger partial charge in [0, 0.05) is 19.5 Å². The smallest absolute Gasteiger partial charge is 0.274 e. The van der Waals surface area contributed by atoms with Gasteiger partial charge in [0.15, 0.2) is 5.82 Å². The first kappa shape index (κ1) is 14.7. The number of nitrogens with zero attached hydrogens (tertiary/aromatic N) is 6. The van der Waals surface area contributed by atoms with Crippen LogP contribution in [-0.2, 0) is 7.05 Å². The summed E-state index contributed by atoms with van der Waals surface area (Å²) in [6, 6.07) is -0.0591. The van der Waals surface area contributed by atoms with Crippen LogP contribution in [0, 0.1) is 0 Å². The molecule has 22 heavy (non-hydrogen) atoms. The van der Waals surface area contributed by atoms with E-state index in [1.54, 1.807) is 7.05 Å². The first-order valence-electron chi connectivity index (χ1n) is 7.65. The van der Waals surface area contributed by atoms with Crippen LogP contribution in [0.1, 0.15) is 67.2 Å². The molecular weight excluding hydrogens is 282 g/mol. The SMILES string of the molecule is CC(C)c1n[nH]c([C@@H]2CCCCN2C(=O)c2cnnn2C)n1. The van der Waals surface area contributed by atoms with E-state index in [0.29, 0.717) is 12.2 Å². The molecule has 0 spiro atoms. The van der Waals surface area contributed by atoms with Crippen molar-refractivity contribution in [1.29, 1.82) is 0 Å². The van der Waals surface area contributed by atoms with Crippen LogP contribution in [0.25, 0.3) is 0 Å². The molecule has 3 rings (SSSR count). The third-order valence-electron chi connectivity index (χ3n) is 4.05. The molecule has 0 aliphatic carbocycles. The highest BCUT2D eigenvalue weighted by Gasteiger charge is 2.32. The van der Waals surface area contributed by atoms with Crippen molar-refractivity contribution < 1.29 is 4.79 Å². The molecule has 1 saturated heterocycles. The van der Waals surface area contributed by atoms with Gasteiger partial charge in [0.2, 0.25) is 0 Å². The van der Waals surface area contributed by atoms with Gasteiger partial charge in [-0.1, -0.05) is 19.1 Å². The third-order valence-corrected chi connectivity index (χ3v) is 4.05. The molecule has 0 aromatic carbocycles. The molecule has 8 nitrogen and oxygen atoms in total. The summed E-state index contributed by atoms with van der Waals surface area (Å²) in [5.41, 5.74) is 0.496. The van der Waals surface area contributed by atoms with Crippen LogP contribution in [0.2, 0.25) is 0 Å². The number of aromatic amines is 1. The third kappa shape index (κ3) is 2.60. The highest BCUT2D eigenvalue weighted by Crippen LogP contribution is 2.30. The summed E-state index contributed by atoms with van der Waals surface area (Å²) < 4.78 is 1.51. The molecule has 0 unspecified atom stereocenters. The predicted molar refractivity (Wildman–Crippen MR) is 79.1 cm³/mol. The van der Waals surface area contributed by atoms with Gasteiger partial charge in [-0.2, -0.15) is 5.10 Å². The van der Waals surface area contributed by atoms with Crippen LogP contribution < -0.4 is 0 Å². The number of piperidine rings is 1. The van der Waals surface area contributed by atoms with Gasteiger partial charge < -0.3 is 4.90 Å². The van der Waals surface area contributed by atoms with E-state index in [9.17, 15) is 4.79 Å². The van der Waals surface area contributed by atoms with Gasteiger partial charge in [0.25, 0.3) is 5.91 Å². The van der Waals surface area contributed by atoms with Crippen molar-refractivity contribution in [2.24, 2.45) is 7.05 Å². The van der Waals surface area contributed by atoms with E-state index in [4.69, 9.17) is 0 Å².